The molecule has 0 aliphatic rings. The van der Waals surface area contributed by atoms with E-state index in [0.29, 0.717) is 24.2 Å². The smallest absolute Gasteiger partial charge is 0.241 e. The van der Waals surface area contributed by atoms with Crippen LogP contribution in [0.15, 0.2) is 27.6 Å². The number of benzene rings is 1. The first kappa shape index (κ1) is 18.6. The van der Waals surface area contributed by atoms with E-state index in [1.54, 1.807) is 12.1 Å². The SMILES string of the molecule is CCCCOCCNS(=O)(=O)c1ccc(CNC)cc1Br. The van der Waals surface area contributed by atoms with Crippen molar-refractivity contribution < 1.29 is 13.2 Å². The quantitative estimate of drug-likeness (QED) is 0.612. The van der Waals surface area contributed by atoms with Gasteiger partial charge in [0.2, 0.25) is 10.0 Å². The lowest BCUT2D eigenvalue weighted by Crippen LogP contribution is -2.28. The third kappa shape index (κ3) is 6.44. The Bertz CT molecular complexity index is 535. The third-order valence-corrected chi connectivity index (χ3v) is 5.29. The number of hydrogen-bond donors (Lipinski definition) is 2. The summed E-state index contributed by atoms with van der Waals surface area (Å²) in [5.74, 6) is 0. The van der Waals surface area contributed by atoms with Gasteiger partial charge in [0.15, 0.2) is 0 Å². The summed E-state index contributed by atoms with van der Waals surface area (Å²) < 4.78 is 32.8. The highest BCUT2D eigenvalue weighted by Gasteiger charge is 2.17. The largest absolute Gasteiger partial charge is 0.380 e. The van der Waals surface area contributed by atoms with Gasteiger partial charge in [-0.2, -0.15) is 0 Å². The molecule has 0 bridgehead atoms. The van der Waals surface area contributed by atoms with Gasteiger partial charge in [0.05, 0.1) is 11.5 Å². The highest BCUT2D eigenvalue weighted by atomic mass is 79.9. The molecule has 0 radical (unpaired) electrons. The number of halogens is 1. The van der Waals surface area contributed by atoms with Crippen LogP contribution in [0.25, 0.3) is 0 Å². The Morgan fingerprint density at radius 3 is 2.67 bits per heavy atom. The summed E-state index contributed by atoms with van der Waals surface area (Å²) in [5.41, 5.74) is 1.02. The molecule has 1 aromatic rings. The van der Waals surface area contributed by atoms with Gasteiger partial charge in [0.1, 0.15) is 0 Å². The molecule has 2 N–H and O–H groups in total. The molecule has 0 aliphatic heterocycles. The minimum Gasteiger partial charge on any atom is -0.380 e. The van der Waals surface area contributed by atoms with Crippen molar-refractivity contribution >= 4 is 26.0 Å². The molecule has 1 aromatic carbocycles. The predicted octanol–water partition coefficient (Wildman–Crippen LogP) is 2.26. The lowest BCUT2D eigenvalue weighted by molar-refractivity contribution is 0.136. The minimum absolute atomic E-state index is 0.246. The van der Waals surface area contributed by atoms with Gasteiger partial charge < -0.3 is 10.1 Å². The van der Waals surface area contributed by atoms with Crippen molar-refractivity contribution in [2.24, 2.45) is 0 Å². The van der Waals surface area contributed by atoms with E-state index in [9.17, 15) is 8.42 Å². The highest BCUT2D eigenvalue weighted by Crippen LogP contribution is 2.23. The third-order valence-electron chi connectivity index (χ3n) is 2.85. The number of ether oxygens (including phenoxy) is 1. The Kier molecular flexibility index (Phi) is 8.43. The van der Waals surface area contributed by atoms with Gasteiger partial charge in [0.25, 0.3) is 0 Å². The molecule has 120 valence electrons. The fourth-order valence-electron chi connectivity index (χ4n) is 1.75. The second-order valence-electron chi connectivity index (χ2n) is 4.66. The molecular weight excluding hydrogens is 356 g/mol. The Labute approximate surface area is 135 Å². The van der Waals surface area contributed by atoms with E-state index in [-0.39, 0.29) is 11.4 Å². The van der Waals surface area contributed by atoms with Gasteiger partial charge in [-0.1, -0.05) is 19.4 Å². The number of unbranched alkanes of at least 4 members (excludes halogenated alkanes) is 1. The second-order valence-corrected chi connectivity index (χ2v) is 7.25. The average Bonchev–Trinajstić information content (AvgIpc) is 2.43. The zero-order valence-corrected chi connectivity index (χ0v) is 14.9. The van der Waals surface area contributed by atoms with E-state index < -0.39 is 10.0 Å². The highest BCUT2D eigenvalue weighted by molar-refractivity contribution is 9.10. The number of nitrogens with one attached hydrogen (secondary N) is 2. The van der Waals surface area contributed by atoms with Gasteiger partial charge in [-0.15, -0.1) is 0 Å². The van der Waals surface area contributed by atoms with Gasteiger partial charge >= 0.3 is 0 Å². The minimum atomic E-state index is -3.51. The van der Waals surface area contributed by atoms with Crippen LogP contribution in [-0.4, -0.2) is 35.2 Å². The van der Waals surface area contributed by atoms with Crippen LogP contribution >= 0.6 is 15.9 Å². The summed E-state index contributed by atoms with van der Waals surface area (Å²) in [7, 11) is -1.67. The van der Waals surface area contributed by atoms with Gasteiger partial charge in [-0.05, 0) is 47.1 Å². The van der Waals surface area contributed by atoms with Crippen molar-refractivity contribution in [2.75, 3.05) is 26.8 Å². The lowest BCUT2D eigenvalue weighted by Gasteiger charge is -2.10. The molecule has 0 fully saturated rings. The Morgan fingerprint density at radius 2 is 2.05 bits per heavy atom. The average molecular weight is 379 g/mol. The maximum Gasteiger partial charge on any atom is 0.241 e. The molecule has 0 spiro atoms. The van der Waals surface area contributed by atoms with E-state index in [4.69, 9.17) is 4.74 Å². The summed E-state index contributed by atoms with van der Waals surface area (Å²) in [6, 6.07) is 5.22. The van der Waals surface area contributed by atoms with Crippen LogP contribution in [-0.2, 0) is 21.3 Å². The van der Waals surface area contributed by atoms with Crippen LogP contribution in [0.5, 0.6) is 0 Å². The summed E-state index contributed by atoms with van der Waals surface area (Å²) in [6.07, 6.45) is 2.06. The molecule has 0 heterocycles. The van der Waals surface area contributed by atoms with Crippen molar-refractivity contribution in [1.82, 2.24) is 10.0 Å². The van der Waals surface area contributed by atoms with Crippen molar-refractivity contribution in [1.29, 1.82) is 0 Å². The first-order valence-corrected chi connectivity index (χ1v) is 9.29. The normalized spacial score (nSPS) is 11.8. The van der Waals surface area contributed by atoms with E-state index in [0.717, 1.165) is 18.4 Å². The van der Waals surface area contributed by atoms with Crippen LogP contribution in [0.1, 0.15) is 25.3 Å². The van der Waals surface area contributed by atoms with E-state index >= 15 is 0 Å². The maximum absolute atomic E-state index is 12.2. The van der Waals surface area contributed by atoms with Crippen molar-refractivity contribution in [2.45, 2.75) is 31.2 Å². The molecule has 0 amide bonds. The molecule has 0 saturated heterocycles. The zero-order valence-electron chi connectivity index (χ0n) is 12.5. The van der Waals surface area contributed by atoms with Gasteiger partial charge in [-0.3, -0.25) is 0 Å². The Hall–Kier alpha value is -0.470. The second kappa shape index (κ2) is 9.53. The standard InChI is InChI=1S/C14H23BrN2O3S/c1-3-4-8-20-9-7-17-21(18,19)14-6-5-12(11-16-2)10-13(14)15/h5-6,10,16-17H,3-4,7-9,11H2,1-2H3. The van der Waals surface area contributed by atoms with Crippen LogP contribution in [0.3, 0.4) is 0 Å². The first-order valence-electron chi connectivity index (χ1n) is 7.01. The van der Waals surface area contributed by atoms with Crippen molar-refractivity contribution in [3.05, 3.63) is 28.2 Å². The molecule has 5 nitrogen and oxygen atoms in total. The van der Waals surface area contributed by atoms with E-state index in [1.807, 2.05) is 13.1 Å². The molecule has 7 heteroatoms. The maximum atomic E-state index is 12.2. The summed E-state index contributed by atoms with van der Waals surface area (Å²) in [4.78, 5) is 0.246. The van der Waals surface area contributed by atoms with Crippen molar-refractivity contribution in [3.63, 3.8) is 0 Å². The number of hydrogen-bond acceptors (Lipinski definition) is 4. The fraction of sp³-hybridized carbons (Fsp3) is 0.571. The molecule has 1 rings (SSSR count). The van der Waals surface area contributed by atoms with Crippen LogP contribution in [0.4, 0.5) is 0 Å². The molecule has 0 aromatic heterocycles. The topological polar surface area (TPSA) is 67.4 Å². The van der Waals surface area contributed by atoms with Crippen LogP contribution in [0.2, 0.25) is 0 Å². The zero-order chi connectivity index (χ0) is 15.7. The van der Waals surface area contributed by atoms with E-state index in [1.165, 1.54) is 0 Å². The fourth-order valence-corrected chi connectivity index (χ4v) is 3.89. The number of rotatable bonds is 10. The Morgan fingerprint density at radius 1 is 1.29 bits per heavy atom. The molecular formula is C14H23BrN2O3S. The van der Waals surface area contributed by atoms with Crippen LogP contribution in [0, 0.1) is 0 Å². The first-order chi connectivity index (χ1) is 10.0. The monoisotopic (exact) mass is 378 g/mol. The van der Waals surface area contributed by atoms with Crippen molar-refractivity contribution in [3.8, 4) is 0 Å². The molecule has 0 unspecified atom stereocenters. The molecule has 0 aliphatic carbocycles. The van der Waals surface area contributed by atoms with Crippen LogP contribution < -0.4 is 10.0 Å². The molecule has 0 atom stereocenters. The summed E-state index contributed by atoms with van der Waals surface area (Å²) >= 11 is 3.32. The summed E-state index contributed by atoms with van der Waals surface area (Å²) in [6.45, 7) is 4.10. The molecule has 0 saturated carbocycles. The predicted molar refractivity (Wildman–Crippen MR) is 87.8 cm³/mol. The van der Waals surface area contributed by atoms with Gasteiger partial charge in [0, 0.05) is 24.2 Å². The summed E-state index contributed by atoms with van der Waals surface area (Å²) in [5, 5.41) is 3.03. The lowest BCUT2D eigenvalue weighted by atomic mass is 10.2. The Balaban J connectivity index is 2.57. The molecule has 21 heavy (non-hydrogen) atoms. The van der Waals surface area contributed by atoms with E-state index in [2.05, 4.69) is 32.9 Å². The number of sulfonamides is 1. The van der Waals surface area contributed by atoms with Gasteiger partial charge in [-0.25, -0.2) is 13.1 Å².